The third kappa shape index (κ3) is 5.08. The minimum Gasteiger partial charge on any atom is -0.465 e. The zero-order valence-electron chi connectivity index (χ0n) is 15.7. The molecule has 1 aromatic carbocycles. The second-order valence-corrected chi connectivity index (χ2v) is 6.36. The SMILES string of the molecule is CCCN(CCC)c1cc(Nc2cc(C(=O)OC)ccc2Cl)nc(C)n1. The fourth-order valence-electron chi connectivity index (χ4n) is 2.66. The molecule has 0 saturated carbocycles. The van der Waals surface area contributed by atoms with Crippen LogP contribution in [-0.4, -0.2) is 36.1 Å². The molecule has 0 amide bonds. The van der Waals surface area contributed by atoms with E-state index in [-0.39, 0.29) is 0 Å². The van der Waals surface area contributed by atoms with Crippen molar-refractivity contribution < 1.29 is 9.53 Å². The van der Waals surface area contributed by atoms with Crippen LogP contribution in [0.3, 0.4) is 0 Å². The second-order valence-electron chi connectivity index (χ2n) is 5.96. The predicted molar refractivity (Wildman–Crippen MR) is 106 cm³/mol. The summed E-state index contributed by atoms with van der Waals surface area (Å²) in [4.78, 5) is 23.0. The van der Waals surface area contributed by atoms with Gasteiger partial charge in [-0.25, -0.2) is 14.8 Å². The Labute approximate surface area is 159 Å². The van der Waals surface area contributed by atoms with Crippen LogP contribution in [0.1, 0.15) is 42.9 Å². The molecule has 0 spiro atoms. The Morgan fingerprint density at radius 2 is 1.88 bits per heavy atom. The first-order valence-electron chi connectivity index (χ1n) is 8.74. The van der Waals surface area contributed by atoms with E-state index in [1.807, 2.05) is 13.0 Å². The van der Waals surface area contributed by atoms with Crippen LogP contribution < -0.4 is 10.2 Å². The number of carbonyl (C=O) groups excluding carboxylic acids is 1. The van der Waals surface area contributed by atoms with Crippen molar-refractivity contribution in [3.05, 3.63) is 40.7 Å². The number of methoxy groups -OCH3 is 1. The summed E-state index contributed by atoms with van der Waals surface area (Å²) < 4.78 is 4.76. The standard InChI is InChI=1S/C19H25ClN4O2/c1-5-9-24(10-6-2)18-12-17(21-13(3)22-18)23-16-11-14(19(25)26-4)7-8-15(16)20/h7-8,11-12H,5-6,9-10H2,1-4H3,(H,21,22,23). The van der Waals surface area contributed by atoms with Crippen molar-refractivity contribution in [1.82, 2.24) is 9.97 Å². The lowest BCUT2D eigenvalue weighted by molar-refractivity contribution is 0.0601. The number of aryl methyl sites for hydroxylation is 1. The number of aromatic nitrogens is 2. The van der Waals surface area contributed by atoms with Gasteiger partial charge in [0.15, 0.2) is 0 Å². The summed E-state index contributed by atoms with van der Waals surface area (Å²) in [5, 5.41) is 3.69. The predicted octanol–water partition coefficient (Wildman–Crippen LogP) is 4.60. The number of anilines is 3. The number of esters is 1. The van der Waals surface area contributed by atoms with Gasteiger partial charge in [-0.3, -0.25) is 0 Å². The zero-order valence-corrected chi connectivity index (χ0v) is 16.4. The molecule has 0 unspecified atom stereocenters. The molecule has 140 valence electrons. The third-order valence-electron chi connectivity index (χ3n) is 3.79. The molecule has 7 heteroatoms. The van der Waals surface area contributed by atoms with Crippen molar-refractivity contribution >= 4 is 34.9 Å². The molecule has 1 aromatic heterocycles. The number of ether oxygens (including phenoxy) is 1. The molecule has 0 aliphatic carbocycles. The van der Waals surface area contributed by atoms with Gasteiger partial charge in [0.2, 0.25) is 0 Å². The Morgan fingerprint density at radius 3 is 2.50 bits per heavy atom. The number of nitrogens with zero attached hydrogens (tertiary/aromatic N) is 3. The molecule has 0 radical (unpaired) electrons. The van der Waals surface area contributed by atoms with E-state index in [0.717, 1.165) is 31.7 Å². The summed E-state index contributed by atoms with van der Waals surface area (Å²) in [7, 11) is 1.35. The molecule has 0 fully saturated rings. The maximum atomic E-state index is 11.7. The van der Waals surface area contributed by atoms with Crippen molar-refractivity contribution in [3.8, 4) is 0 Å². The summed E-state index contributed by atoms with van der Waals surface area (Å²) in [5.74, 6) is 1.77. The van der Waals surface area contributed by atoms with E-state index in [4.69, 9.17) is 16.3 Å². The molecule has 0 aliphatic heterocycles. The lowest BCUT2D eigenvalue weighted by Crippen LogP contribution is -2.26. The second kappa shape index (κ2) is 9.38. The van der Waals surface area contributed by atoms with E-state index in [2.05, 4.69) is 34.0 Å². The van der Waals surface area contributed by atoms with E-state index in [9.17, 15) is 4.79 Å². The van der Waals surface area contributed by atoms with E-state index in [1.165, 1.54) is 7.11 Å². The average Bonchev–Trinajstić information content (AvgIpc) is 2.62. The first-order valence-corrected chi connectivity index (χ1v) is 9.11. The van der Waals surface area contributed by atoms with Gasteiger partial charge in [0.25, 0.3) is 0 Å². The number of carbonyl (C=O) groups is 1. The number of rotatable bonds is 8. The minimum atomic E-state index is -0.415. The average molecular weight is 377 g/mol. The van der Waals surface area contributed by atoms with E-state index >= 15 is 0 Å². The fourth-order valence-corrected chi connectivity index (χ4v) is 2.83. The molecule has 0 atom stereocenters. The first-order chi connectivity index (χ1) is 12.5. The van der Waals surface area contributed by atoms with E-state index < -0.39 is 5.97 Å². The van der Waals surface area contributed by atoms with Gasteiger partial charge in [0, 0.05) is 19.2 Å². The molecule has 2 aromatic rings. The quantitative estimate of drug-likeness (QED) is 0.679. The Balaban J connectivity index is 2.33. The van der Waals surface area contributed by atoms with E-state index in [0.29, 0.717) is 27.9 Å². The molecule has 26 heavy (non-hydrogen) atoms. The summed E-state index contributed by atoms with van der Waals surface area (Å²) in [6.45, 7) is 8.02. The van der Waals surface area contributed by atoms with Crippen LogP contribution >= 0.6 is 11.6 Å². The molecular formula is C19H25ClN4O2. The van der Waals surface area contributed by atoms with Crippen molar-refractivity contribution in [2.75, 3.05) is 30.4 Å². The first kappa shape index (κ1) is 20.0. The number of hydrogen-bond donors (Lipinski definition) is 1. The minimum absolute atomic E-state index is 0.415. The highest BCUT2D eigenvalue weighted by atomic mass is 35.5. The molecule has 0 saturated heterocycles. The smallest absolute Gasteiger partial charge is 0.337 e. The van der Waals surface area contributed by atoms with Crippen molar-refractivity contribution in [2.24, 2.45) is 0 Å². The van der Waals surface area contributed by atoms with Crippen LogP contribution in [0.5, 0.6) is 0 Å². The molecule has 6 nitrogen and oxygen atoms in total. The largest absolute Gasteiger partial charge is 0.465 e. The van der Waals surface area contributed by atoms with Gasteiger partial charge >= 0.3 is 5.97 Å². The summed E-state index contributed by atoms with van der Waals surface area (Å²) in [6.07, 6.45) is 2.08. The Kier molecular flexibility index (Phi) is 7.21. The van der Waals surface area contributed by atoms with Crippen molar-refractivity contribution in [3.63, 3.8) is 0 Å². The number of nitrogens with one attached hydrogen (secondary N) is 1. The van der Waals surface area contributed by atoms with E-state index in [1.54, 1.807) is 18.2 Å². The number of hydrogen-bond acceptors (Lipinski definition) is 6. The van der Waals surface area contributed by atoms with Crippen molar-refractivity contribution in [2.45, 2.75) is 33.6 Å². The third-order valence-corrected chi connectivity index (χ3v) is 4.12. The molecule has 1 N–H and O–H groups in total. The highest BCUT2D eigenvalue weighted by Crippen LogP contribution is 2.27. The lowest BCUT2D eigenvalue weighted by atomic mass is 10.2. The molecule has 0 bridgehead atoms. The summed E-state index contributed by atoms with van der Waals surface area (Å²) in [6, 6.07) is 6.84. The van der Waals surface area contributed by atoms with Crippen LogP contribution in [0.15, 0.2) is 24.3 Å². The normalized spacial score (nSPS) is 10.5. The van der Waals surface area contributed by atoms with Crippen LogP contribution in [0.25, 0.3) is 0 Å². The van der Waals surface area contributed by atoms with Crippen LogP contribution in [0, 0.1) is 6.92 Å². The summed E-state index contributed by atoms with van der Waals surface area (Å²) >= 11 is 6.27. The number of benzene rings is 1. The Morgan fingerprint density at radius 1 is 1.19 bits per heavy atom. The molecule has 1 heterocycles. The van der Waals surface area contributed by atoms with Crippen LogP contribution in [-0.2, 0) is 4.74 Å². The topological polar surface area (TPSA) is 67.4 Å². The monoisotopic (exact) mass is 376 g/mol. The van der Waals surface area contributed by atoms with Crippen molar-refractivity contribution in [1.29, 1.82) is 0 Å². The van der Waals surface area contributed by atoms with Gasteiger partial charge in [0.1, 0.15) is 17.5 Å². The maximum absolute atomic E-state index is 11.7. The van der Waals surface area contributed by atoms with Gasteiger partial charge in [-0.15, -0.1) is 0 Å². The van der Waals surface area contributed by atoms with Gasteiger partial charge in [-0.1, -0.05) is 25.4 Å². The summed E-state index contributed by atoms with van der Waals surface area (Å²) in [5.41, 5.74) is 1.01. The van der Waals surface area contributed by atoms with Crippen LogP contribution in [0.2, 0.25) is 5.02 Å². The Bertz CT molecular complexity index is 761. The number of halogens is 1. The maximum Gasteiger partial charge on any atom is 0.337 e. The Hall–Kier alpha value is -2.34. The van der Waals surface area contributed by atoms with Gasteiger partial charge in [-0.05, 0) is 38.0 Å². The highest BCUT2D eigenvalue weighted by Gasteiger charge is 2.12. The molecule has 0 aliphatic rings. The van der Waals surface area contributed by atoms with Gasteiger partial charge in [-0.2, -0.15) is 0 Å². The zero-order chi connectivity index (χ0) is 19.1. The van der Waals surface area contributed by atoms with Gasteiger partial charge in [0.05, 0.1) is 23.4 Å². The van der Waals surface area contributed by atoms with Gasteiger partial charge < -0.3 is 15.0 Å². The molecular weight excluding hydrogens is 352 g/mol. The fraction of sp³-hybridized carbons (Fsp3) is 0.421. The lowest BCUT2D eigenvalue weighted by Gasteiger charge is -2.23. The highest BCUT2D eigenvalue weighted by molar-refractivity contribution is 6.33. The molecule has 2 rings (SSSR count). The van der Waals surface area contributed by atoms with Crippen LogP contribution in [0.4, 0.5) is 17.3 Å².